The van der Waals surface area contributed by atoms with E-state index in [1.54, 1.807) is 0 Å². The lowest BCUT2D eigenvalue weighted by Crippen LogP contribution is -2.54. The number of rotatable bonds is 3. The Labute approximate surface area is 127 Å². The summed E-state index contributed by atoms with van der Waals surface area (Å²) in [7, 11) is 0. The maximum Gasteiger partial charge on any atom is 0.250 e. The van der Waals surface area contributed by atoms with E-state index in [4.69, 9.17) is 4.74 Å². The van der Waals surface area contributed by atoms with Crippen LogP contribution in [0.1, 0.15) is 19.8 Å². The fourth-order valence-corrected chi connectivity index (χ4v) is 2.49. The van der Waals surface area contributed by atoms with Crippen molar-refractivity contribution in [2.45, 2.75) is 31.9 Å². The first-order valence-corrected chi connectivity index (χ1v) is 6.64. The van der Waals surface area contributed by atoms with Crippen molar-refractivity contribution in [1.29, 1.82) is 0 Å². The number of piperidine rings is 1. The average Bonchev–Trinajstić information content (AvgIpc) is 2.40. The van der Waals surface area contributed by atoms with Crippen LogP contribution in [0.5, 0.6) is 0 Å². The minimum absolute atomic E-state index is 0. The summed E-state index contributed by atoms with van der Waals surface area (Å²) in [5.41, 5.74) is 0. The molecule has 1 amide bonds. The molecule has 0 bridgehead atoms. The van der Waals surface area contributed by atoms with E-state index in [0.29, 0.717) is 19.2 Å². The fraction of sp³-hybridized carbons (Fsp3) is 0.917. The molecule has 2 aliphatic heterocycles. The summed E-state index contributed by atoms with van der Waals surface area (Å²) in [6.07, 6.45) is 1.95. The van der Waals surface area contributed by atoms with Crippen molar-refractivity contribution in [3.05, 3.63) is 0 Å². The van der Waals surface area contributed by atoms with Gasteiger partial charge in [-0.05, 0) is 25.9 Å². The van der Waals surface area contributed by atoms with Crippen LogP contribution in [0.25, 0.3) is 0 Å². The number of hydrogen-bond donors (Lipinski definition) is 2. The van der Waals surface area contributed by atoms with Crippen molar-refractivity contribution in [2.75, 3.05) is 39.3 Å². The molecule has 2 N–H and O–H groups in total. The van der Waals surface area contributed by atoms with Gasteiger partial charge < -0.3 is 20.3 Å². The van der Waals surface area contributed by atoms with Crippen LogP contribution < -0.4 is 10.6 Å². The highest BCUT2D eigenvalue weighted by atomic mass is 35.5. The van der Waals surface area contributed by atoms with E-state index in [9.17, 15) is 4.79 Å². The Hall–Kier alpha value is -0.0700. The Morgan fingerprint density at radius 3 is 2.89 bits per heavy atom. The van der Waals surface area contributed by atoms with Crippen molar-refractivity contribution >= 4 is 30.7 Å². The monoisotopic (exact) mass is 313 g/mol. The molecular formula is C12H25Cl2N3O2. The third-order valence-corrected chi connectivity index (χ3v) is 3.52. The van der Waals surface area contributed by atoms with Gasteiger partial charge in [-0.1, -0.05) is 6.92 Å². The van der Waals surface area contributed by atoms with Gasteiger partial charge in [-0.25, -0.2) is 0 Å². The average molecular weight is 314 g/mol. The molecule has 0 aliphatic carbocycles. The van der Waals surface area contributed by atoms with Crippen LogP contribution in [-0.2, 0) is 9.53 Å². The predicted molar refractivity (Wildman–Crippen MR) is 80.4 cm³/mol. The van der Waals surface area contributed by atoms with Gasteiger partial charge >= 0.3 is 0 Å². The summed E-state index contributed by atoms with van der Waals surface area (Å²) in [6.45, 7) is 7.47. The predicted octanol–water partition coefficient (Wildman–Crippen LogP) is 0.419. The third kappa shape index (κ3) is 5.83. The molecule has 0 aromatic carbocycles. The van der Waals surface area contributed by atoms with Crippen LogP contribution in [0.4, 0.5) is 0 Å². The first-order valence-electron chi connectivity index (χ1n) is 6.64. The maximum absolute atomic E-state index is 12.0. The van der Waals surface area contributed by atoms with Crippen LogP contribution in [-0.4, -0.2) is 62.3 Å². The molecule has 0 radical (unpaired) electrons. The summed E-state index contributed by atoms with van der Waals surface area (Å²) >= 11 is 0. The van der Waals surface area contributed by atoms with Gasteiger partial charge in [-0.15, -0.1) is 24.8 Å². The number of amides is 1. The highest BCUT2D eigenvalue weighted by molar-refractivity contribution is 5.85. The summed E-state index contributed by atoms with van der Waals surface area (Å²) in [5.74, 6) is 0.0418. The summed E-state index contributed by atoms with van der Waals surface area (Å²) < 4.78 is 5.45. The molecule has 0 spiro atoms. The number of morpholine rings is 1. The second-order valence-electron chi connectivity index (χ2n) is 4.80. The molecule has 7 heteroatoms. The molecule has 0 aromatic heterocycles. The third-order valence-electron chi connectivity index (χ3n) is 3.52. The molecule has 2 rings (SSSR count). The van der Waals surface area contributed by atoms with Gasteiger partial charge in [0.25, 0.3) is 5.91 Å². The second-order valence-corrected chi connectivity index (χ2v) is 4.80. The lowest BCUT2D eigenvalue weighted by molar-refractivity contribution is -0.135. The van der Waals surface area contributed by atoms with Crippen molar-refractivity contribution in [2.24, 2.45) is 0 Å². The number of carbonyl (C=O) groups excluding carboxylic acids is 1. The standard InChI is InChI=1S/C12H23N3O2.2ClH/c1-2-15-6-3-4-10(9-15)14-12(16)11-8-13-5-7-17-11;;/h10-11,13H,2-9H2,1H3,(H,14,16);2*1H. The van der Waals surface area contributed by atoms with Crippen LogP contribution in [0.2, 0.25) is 0 Å². The SMILES string of the molecule is CCN1CCCC(NC(=O)C2CNCCO2)C1.Cl.Cl. The van der Waals surface area contributed by atoms with Crippen molar-refractivity contribution in [1.82, 2.24) is 15.5 Å². The van der Waals surface area contributed by atoms with Gasteiger partial charge in [0.15, 0.2) is 0 Å². The largest absolute Gasteiger partial charge is 0.366 e. The van der Waals surface area contributed by atoms with Gasteiger partial charge in [0.05, 0.1) is 6.61 Å². The number of ether oxygens (including phenoxy) is 1. The number of carbonyl (C=O) groups is 1. The molecular weight excluding hydrogens is 289 g/mol. The van der Waals surface area contributed by atoms with E-state index >= 15 is 0 Å². The Morgan fingerprint density at radius 1 is 1.47 bits per heavy atom. The second kappa shape index (κ2) is 9.77. The normalized spacial score (nSPS) is 27.8. The van der Waals surface area contributed by atoms with E-state index in [1.165, 1.54) is 6.42 Å². The zero-order valence-electron chi connectivity index (χ0n) is 11.4. The van der Waals surface area contributed by atoms with Crippen molar-refractivity contribution in [3.63, 3.8) is 0 Å². The quantitative estimate of drug-likeness (QED) is 0.793. The Kier molecular flexibility index (Phi) is 9.74. The molecule has 0 saturated carbocycles. The Morgan fingerprint density at radius 2 is 2.26 bits per heavy atom. The zero-order valence-corrected chi connectivity index (χ0v) is 13.0. The smallest absolute Gasteiger partial charge is 0.250 e. The molecule has 0 aromatic rings. The number of likely N-dealkylation sites (N-methyl/N-ethyl adjacent to an activating group) is 1. The highest BCUT2D eigenvalue weighted by Crippen LogP contribution is 2.10. The molecule has 19 heavy (non-hydrogen) atoms. The van der Waals surface area contributed by atoms with Gasteiger partial charge in [-0.2, -0.15) is 0 Å². The molecule has 5 nitrogen and oxygen atoms in total. The van der Waals surface area contributed by atoms with Crippen molar-refractivity contribution in [3.8, 4) is 0 Å². The summed E-state index contributed by atoms with van der Waals surface area (Å²) in [4.78, 5) is 14.4. The number of halogens is 2. The van der Waals surface area contributed by atoms with Crippen LogP contribution in [0.15, 0.2) is 0 Å². The van der Waals surface area contributed by atoms with Crippen LogP contribution in [0, 0.1) is 0 Å². The lowest BCUT2D eigenvalue weighted by atomic mass is 10.1. The van der Waals surface area contributed by atoms with E-state index in [2.05, 4.69) is 22.5 Å². The minimum Gasteiger partial charge on any atom is -0.366 e. The van der Waals surface area contributed by atoms with E-state index in [1.807, 2.05) is 0 Å². The van der Waals surface area contributed by atoms with Crippen LogP contribution in [0.3, 0.4) is 0 Å². The summed E-state index contributed by atoms with van der Waals surface area (Å²) in [6, 6.07) is 0.293. The van der Waals surface area contributed by atoms with E-state index in [-0.39, 0.29) is 36.8 Å². The maximum atomic E-state index is 12.0. The van der Waals surface area contributed by atoms with Gasteiger partial charge in [0, 0.05) is 25.7 Å². The van der Waals surface area contributed by atoms with Crippen molar-refractivity contribution < 1.29 is 9.53 Å². The van der Waals surface area contributed by atoms with Gasteiger partial charge in [0.1, 0.15) is 6.10 Å². The fourth-order valence-electron chi connectivity index (χ4n) is 2.49. The molecule has 2 fully saturated rings. The van der Waals surface area contributed by atoms with E-state index in [0.717, 1.165) is 32.6 Å². The van der Waals surface area contributed by atoms with Gasteiger partial charge in [-0.3, -0.25) is 4.79 Å². The lowest BCUT2D eigenvalue weighted by Gasteiger charge is -2.33. The molecule has 2 heterocycles. The first-order chi connectivity index (χ1) is 8.29. The van der Waals surface area contributed by atoms with Crippen LogP contribution >= 0.6 is 24.8 Å². The molecule has 2 atom stereocenters. The molecule has 114 valence electrons. The minimum atomic E-state index is -0.305. The number of likely N-dealkylation sites (tertiary alicyclic amines) is 1. The molecule has 2 aliphatic rings. The molecule has 2 saturated heterocycles. The van der Waals surface area contributed by atoms with Gasteiger partial charge in [0.2, 0.25) is 0 Å². The number of nitrogens with zero attached hydrogens (tertiary/aromatic N) is 1. The topological polar surface area (TPSA) is 53.6 Å². The first kappa shape index (κ1) is 18.9. The Bertz CT molecular complexity index is 263. The number of hydrogen-bond acceptors (Lipinski definition) is 4. The number of nitrogens with one attached hydrogen (secondary N) is 2. The molecule has 2 unspecified atom stereocenters. The highest BCUT2D eigenvalue weighted by Gasteiger charge is 2.26. The summed E-state index contributed by atoms with van der Waals surface area (Å²) in [5, 5.41) is 6.28. The van der Waals surface area contributed by atoms with E-state index < -0.39 is 0 Å². The zero-order chi connectivity index (χ0) is 12.1. The Balaban J connectivity index is 0.00000162.